The third-order valence-corrected chi connectivity index (χ3v) is 10.9. The highest BCUT2D eigenvalue weighted by Gasteiger charge is 2.23. The molecular formula is C50H32N2. The second-order valence-electron chi connectivity index (χ2n) is 13.7. The van der Waals surface area contributed by atoms with Crippen molar-refractivity contribution in [3.05, 3.63) is 194 Å². The largest absolute Gasteiger partial charge is 0.309 e. The zero-order chi connectivity index (χ0) is 34.2. The Morgan fingerprint density at radius 3 is 1.40 bits per heavy atom. The van der Waals surface area contributed by atoms with Crippen LogP contribution < -0.4 is 0 Å². The minimum Gasteiger partial charge on any atom is -0.309 e. The molecule has 242 valence electrons. The second kappa shape index (κ2) is 11.3. The van der Waals surface area contributed by atoms with Crippen LogP contribution in [-0.4, -0.2) is 9.13 Å². The van der Waals surface area contributed by atoms with Gasteiger partial charge >= 0.3 is 0 Å². The summed E-state index contributed by atoms with van der Waals surface area (Å²) in [5, 5.41) is 10.0. The van der Waals surface area contributed by atoms with Crippen molar-refractivity contribution < 1.29 is 0 Å². The molecule has 0 aliphatic carbocycles. The number of rotatable bonds is 4. The van der Waals surface area contributed by atoms with Gasteiger partial charge in [-0.15, -0.1) is 0 Å². The van der Waals surface area contributed by atoms with Crippen molar-refractivity contribution in [3.63, 3.8) is 0 Å². The molecule has 2 aromatic heterocycles. The number of para-hydroxylation sites is 2. The molecule has 2 heteroatoms. The minimum atomic E-state index is 1.18. The van der Waals surface area contributed by atoms with Crippen LogP contribution in [0, 0.1) is 0 Å². The van der Waals surface area contributed by atoms with Crippen LogP contribution in [-0.2, 0) is 0 Å². The maximum Gasteiger partial charge on any atom is 0.0549 e. The minimum absolute atomic E-state index is 1.18. The van der Waals surface area contributed by atoms with E-state index in [-0.39, 0.29) is 0 Å². The fourth-order valence-corrected chi connectivity index (χ4v) is 8.65. The van der Waals surface area contributed by atoms with Gasteiger partial charge in [-0.25, -0.2) is 0 Å². The van der Waals surface area contributed by atoms with Gasteiger partial charge in [0.2, 0.25) is 0 Å². The predicted molar refractivity (Wildman–Crippen MR) is 221 cm³/mol. The van der Waals surface area contributed by atoms with Crippen molar-refractivity contribution in [2.45, 2.75) is 0 Å². The highest BCUT2D eigenvalue weighted by atomic mass is 15.0. The van der Waals surface area contributed by atoms with Crippen LogP contribution in [0.4, 0.5) is 0 Å². The molecule has 0 aliphatic rings. The molecule has 0 unspecified atom stereocenters. The topological polar surface area (TPSA) is 9.86 Å². The van der Waals surface area contributed by atoms with E-state index in [1.165, 1.54) is 98.8 Å². The Bertz CT molecular complexity index is 3060. The van der Waals surface area contributed by atoms with Crippen LogP contribution in [0.3, 0.4) is 0 Å². The Balaban J connectivity index is 1.29. The van der Waals surface area contributed by atoms with E-state index in [4.69, 9.17) is 0 Å². The molecule has 0 atom stereocenters. The van der Waals surface area contributed by atoms with Crippen molar-refractivity contribution >= 4 is 65.2 Å². The Kier molecular flexibility index (Phi) is 6.28. The Morgan fingerprint density at radius 2 is 0.769 bits per heavy atom. The van der Waals surface area contributed by atoms with Crippen molar-refractivity contribution in [1.29, 1.82) is 0 Å². The second-order valence-corrected chi connectivity index (χ2v) is 13.7. The van der Waals surface area contributed by atoms with Gasteiger partial charge in [-0.05, 0) is 75.1 Å². The molecule has 0 spiro atoms. The van der Waals surface area contributed by atoms with Crippen molar-refractivity contribution in [2.75, 3.05) is 0 Å². The van der Waals surface area contributed by atoms with Crippen LogP contribution in [0.25, 0.3) is 98.8 Å². The van der Waals surface area contributed by atoms with E-state index < -0.39 is 0 Å². The maximum atomic E-state index is 2.50. The molecule has 2 nitrogen and oxygen atoms in total. The SMILES string of the molecule is c1ccc(-c2cc3ccccc3cc2-n2c3ccccc3c3c4c5ccccc5n(-c5ccc6ccccc6c5-c5ccccc5)c4ccc32)cc1. The van der Waals surface area contributed by atoms with E-state index in [1.807, 2.05) is 0 Å². The van der Waals surface area contributed by atoms with Crippen molar-refractivity contribution in [2.24, 2.45) is 0 Å². The number of benzene rings is 9. The van der Waals surface area contributed by atoms with Gasteiger partial charge in [-0.2, -0.15) is 0 Å². The molecule has 0 amide bonds. The predicted octanol–water partition coefficient (Wildman–Crippen LogP) is 13.5. The van der Waals surface area contributed by atoms with E-state index in [2.05, 4.69) is 203 Å². The van der Waals surface area contributed by atoms with Gasteiger partial charge in [-0.1, -0.05) is 152 Å². The van der Waals surface area contributed by atoms with E-state index in [1.54, 1.807) is 0 Å². The summed E-state index contributed by atoms with van der Waals surface area (Å²) in [5.41, 5.74) is 12.0. The lowest BCUT2D eigenvalue weighted by atomic mass is 9.96. The van der Waals surface area contributed by atoms with Crippen LogP contribution in [0.5, 0.6) is 0 Å². The van der Waals surface area contributed by atoms with Gasteiger partial charge < -0.3 is 9.13 Å². The van der Waals surface area contributed by atoms with Gasteiger partial charge in [0.05, 0.1) is 33.4 Å². The molecule has 0 N–H and O–H groups in total. The molecule has 9 aromatic carbocycles. The average molecular weight is 661 g/mol. The third-order valence-electron chi connectivity index (χ3n) is 10.9. The first-order valence-corrected chi connectivity index (χ1v) is 17.9. The summed E-state index contributed by atoms with van der Waals surface area (Å²) in [6.45, 7) is 0. The van der Waals surface area contributed by atoms with Gasteiger partial charge in [-0.3, -0.25) is 0 Å². The van der Waals surface area contributed by atoms with Gasteiger partial charge in [0.15, 0.2) is 0 Å². The summed E-state index contributed by atoms with van der Waals surface area (Å²) in [6, 6.07) is 71.0. The molecule has 0 radical (unpaired) electrons. The van der Waals surface area contributed by atoms with E-state index in [0.29, 0.717) is 0 Å². The average Bonchev–Trinajstić information content (AvgIpc) is 3.73. The number of nitrogens with zero attached hydrogens (tertiary/aromatic N) is 2. The highest BCUT2D eigenvalue weighted by molar-refractivity contribution is 6.29. The molecule has 52 heavy (non-hydrogen) atoms. The lowest BCUT2D eigenvalue weighted by molar-refractivity contribution is 1.18. The fourth-order valence-electron chi connectivity index (χ4n) is 8.65. The van der Waals surface area contributed by atoms with Crippen molar-refractivity contribution in [1.82, 2.24) is 9.13 Å². The fraction of sp³-hybridized carbons (Fsp3) is 0. The lowest BCUT2D eigenvalue weighted by Crippen LogP contribution is -1.99. The Hall–Kier alpha value is -6.90. The standard InChI is InChI=1S/C50H32N2/c1-3-15-33(16-4-1)41-31-36-20-7-8-21-37(36)32-47(41)52-43-26-14-12-24-40(43)50-46(52)30-29-45-49(50)39-23-11-13-25-42(39)51(45)44-28-27-34-17-9-10-22-38(34)48(44)35-18-5-2-6-19-35/h1-32H. The first-order valence-electron chi connectivity index (χ1n) is 17.9. The summed E-state index contributed by atoms with van der Waals surface area (Å²) in [7, 11) is 0. The molecule has 2 heterocycles. The molecule has 0 fully saturated rings. The summed E-state index contributed by atoms with van der Waals surface area (Å²) >= 11 is 0. The van der Waals surface area contributed by atoms with Crippen LogP contribution in [0.2, 0.25) is 0 Å². The molecule has 0 saturated heterocycles. The maximum absolute atomic E-state index is 2.50. The normalized spacial score (nSPS) is 11.8. The van der Waals surface area contributed by atoms with Crippen LogP contribution in [0.1, 0.15) is 0 Å². The molecule has 0 saturated carbocycles. The molecular weight excluding hydrogens is 629 g/mol. The Morgan fingerprint density at radius 1 is 0.288 bits per heavy atom. The van der Waals surface area contributed by atoms with Gasteiger partial charge in [0, 0.05) is 32.7 Å². The molecule has 0 aliphatic heterocycles. The molecule has 11 rings (SSSR count). The van der Waals surface area contributed by atoms with Gasteiger partial charge in [0.25, 0.3) is 0 Å². The first kappa shape index (κ1) is 28.9. The van der Waals surface area contributed by atoms with Crippen LogP contribution in [0.15, 0.2) is 194 Å². The van der Waals surface area contributed by atoms with Gasteiger partial charge in [0.1, 0.15) is 0 Å². The third kappa shape index (κ3) is 4.19. The number of aromatic nitrogens is 2. The van der Waals surface area contributed by atoms with Crippen molar-refractivity contribution in [3.8, 4) is 33.6 Å². The lowest BCUT2D eigenvalue weighted by Gasteiger charge is -2.17. The van der Waals surface area contributed by atoms with E-state index in [0.717, 1.165) is 0 Å². The monoisotopic (exact) mass is 660 g/mol. The number of hydrogen-bond acceptors (Lipinski definition) is 0. The molecule has 0 bridgehead atoms. The Labute approximate surface area is 301 Å². The summed E-state index contributed by atoms with van der Waals surface area (Å²) < 4.78 is 4.99. The summed E-state index contributed by atoms with van der Waals surface area (Å²) in [6.07, 6.45) is 0. The zero-order valence-electron chi connectivity index (χ0n) is 28.4. The summed E-state index contributed by atoms with van der Waals surface area (Å²) in [5.74, 6) is 0. The van der Waals surface area contributed by atoms with E-state index >= 15 is 0 Å². The summed E-state index contributed by atoms with van der Waals surface area (Å²) in [4.78, 5) is 0. The number of hydrogen-bond donors (Lipinski definition) is 0. The zero-order valence-corrected chi connectivity index (χ0v) is 28.4. The smallest absolute Gasteiger partial charge is 0.0549 e. The molecule has 11 aromatic rings. The first-order chi connectivity index (χ1) is 25.8. The van der Waals surface area contributed by atoms with E-state index in [9.17, 15) is 0 Å². The quantitative estimate of drug-likeness (QED) is 0.178. The van der Waals surface area contributed by atoms with Crippen LogP contribution >= 0.6 is 0 Å². The number of fused-ring (bicyclic) bond motifs is 9. The highest BCUT2D eigenvalue weighted by Crippen LogP contribution is 2.46.